The third-order valence-electron chi connectivity index (χ3n) is 9.30. The molecule has 0 bridgehead atoms. The number of aliphatic hydroxyl groups is 2. The van der Waals surface area contributed by atoms with Crippen LogP contribution in [0.5, 0.6) is 11.5 Å². The van der Waals surface area contributed by atoms with E-state index >= 15 is 0 Å². The number of aliphatic carboxylic acids is 1. The number of nitrogens with one attached hydrogen (secondary N) is 1. The summed E-state index contributed by atoms with van der Waals surface area (Å²) >= 11 is 2.45. The monoisotopic (exact) mass is 994 g/mol. The van der Waals surface area contributed by atoms with Gasteiger partial charge in [0.15, 0.2) is 23.5 Å². The van der Waals surface area contributed by atoms with Gasteiger partial charge in [-0.25, -0.2) is 9.97 Å². The van der Waals surface area contributed by atoms with Gasteiger partial charge in [-0.3, -0.25) is 28.3 Å². The van der Waals surface area contributed by atoms with Gasteiger partial charge in [-0.15, -0.1) is 0 Å². The lowest BCUT2D eigenvalue weighted by Gasteiger charge is -2.14. The van der Waals surface area contributed by atoms with Crippen molar-refractivity contribution in [3.8, 4) is 28.9 Å². The third kappa shape index (κ3) is 15.0. The molecular formula is C43H44F6N8O9S2. The van der Waals surface area contributed by atoms with E-state index in [1.165, 1.54) is 81.2 Å². The van der Waals surface area contributed by atoms with Gasteiger partial charge in [-0.2, -0.15) is 31.6 Å². The van der Waals surface area contributed by atoms with Gasteiger partial charge in [0.1, 0.15) is 22.8 Å². The number of carbonyl (C=O) groups is 2. The van der Waals surface area contributed by atoms with Gasteiger partial charge in [0.05, 0.1) is 47.9 Å². The summed E-state index contributed by atoms with van der Waals surface area (Å²) in [7, 11) is 0. The number of halogens is 6. The number of nitrogens with zero attached hydrogens (tertiary/aromatic N) is 7. The molecule has 0 saturated carbocycles. The molecule has 0 aliphatic rings. The summed E-state index contributed by atoms with van der Waals surface area (Å²) in [6.45, 7) is -2.37. The molecule has 1 amide bonds. The molecule has 6 rings (SSSR count). The highest BCUT2D eigenvalue weighted by atomic mass is 32.2. The Morgan fingerprint density at radius 3 is 1.50 bits per heavy atom. The third-order valence-corrected chi connectivity index (χ3v) is 11.4. The lowest BCUT2D eigenvalue weighted by atomic mass is 10.3. The van der Waals surface area contributed by atoms with E-state index in [0.717, 1.165) is 0 Å². The number of hydrogen-bond acceptors (Lipinski definition) is 13. The van der Waals surface area contributed by atoms with Crippen molar-refractivity contribution in [1.29, 1.82) is 5.26 Å². The fourth-order valence-corrected chi connectivity index (χ4v) is 8.15. The van der Waals surface area contributed by atoms with E-state index in [1.54, 1.807) is 33.7 Å². The van der Waals surface area contributed by atoms with Crippen LogP contribution in [0.25, 0.3) is 33.4 Å². The molecule has 0 aliphatic carbocycles. The van der Waals surface area contributed by atoms with Gasteiger partial charge in [0.25, 0.3) is 11.1 Å². The summed E-state index contributed by atoms with van der Waals surface area (Å²) < 4.78 is 89.8. The highest BCUT2D eigenvalue weighted by Crippen LogP contribution is 2.27. The molecule has 0 spiro atoms. The van der Waals surface area contributed by atoms with Gasteiger partial charge in [-0.1, -0.05) is 23.5 Å². The Labute approximate surface area is 390 Å². The van der Waals surface area contributed by atoms with Crippen LogP contribution in [-0.2, 0) is 22.7 Å². The predicted octanol–water partition coefficient (Wildman–Crippen LogP) is 6.10. The first-order valence-electron chi connectivity index (χ1n) is 20.6. The number of ether oxygens (including phenoxy) is 2. The Bertz CT molecular complexity index is 2810. The SMILES string of the molecule is N#CCCNC(=O)CCCSc1nc2c(ccn2CCO)c(=O)n1-c1ccc(OCC(F)(F)F)cc1.O=C(O)CCCSc1nc2c(ccn2CCO)c(=O)n1-c1ccc(OCC(F)(F)F)cc1. The van der Waals surface area contributed by atoms with Crippen molar-refractivity contribution in [2.24, 2.45) is 0 Å². The Balaban J connectivity index is 0.000000256. The fraction of sp³-hybridized carbons (Fsp3) is 0.372. The van der Waals surface area contributed by atoms with Crippen LogP contribution in [0.15, 0.2) is 93.0 Å². The van der Waals surface area contributed by atoms with E-state index < -0.39 is 37.1 Å². The molecule has 0 unspecified atom stereocenters. The average Bonchev–Trinajstić information content (AvgIpc) is 3.90. The minimum atomic E-state index is -4.47. The molecule has 4 aromatic heterocycles. The van der Waals surface area contributed by atoms with Crippen molar-refractivity contribution < 1.29 is 60.7 Å². The number of carbonyl (C=O) groups excluding carboxylic acids is 1. The fourth-order valence-electron chi connectivity index (χ4n) is 6.28. The van der Waals surface area contributed by atoms with E-state index in [4.69, 9.17) is 19.8 Å². The number of thioether (sulfide) groups is 2. The number of hydrogen-bond donors (Lipinski definition) is 4. The number of carboxylic acid groups (broad SMARTS) is 1. The Hall–Kier alpha value is -6.49. The molecule has 25 heteroatoms. The summed E-state index contributed by atoms with van der Waals surface area (Å²) in [6, 6.07) is 16.3. The zero-order valence-corrected chi connectivity index (χ0v) is 37.5. The number of carboxylic acids is 1. The van der Waals surface area contributed by atoms with Crippen LogP contribution in [0.3, 0.4) is 0 Å². The second-order valence-electron chi connectivity index (χ2n) is 14.4. The molecule has 0 fully saturated rings. The second-order valence-corrected chi connectivity index (χ2v) is 16.5. The summed E-state index contributed by atoms with van der Waals surface area (Å²) in [4.78, 5) is 58.4. The Kier molecular flexibility index (Phi) is 18.9. The zero-order valence-electron chi connectivity index (χ0n) is 35.8. The first-order chi connectivity index (χ1) is 32.4. The van der Waals surface area contributed by atoms with Crippen LogP contribution in [0.2, 0.25) is 0 Å². The molecule has 0 atom stereocenters. The molecule has 4 heterocycles. The molecule has 364 valence electrons. The molecule has 0 saturated heterocycles. The maximum absolute atomic E-state index is 13.4. The van der Waals surface area contributed by atoms with E-state index in [9.17, 15) is 55.7 Å². The van der Waals surface area contributed by atoms with E-state index in [2.05, 4.69) is 15.3 Å². The van der Waals surface area contributed by atoms with Crippen LogP contribution >= 0.6 is 23.5 Å². The molecule has 0 radical (unpaired) electrons. The van der Waals surface area contributed by atoms with Crippen molar-refractivity contribution in [2.75, 3.05) is 44.5 Å². The van der Waals surface area contributed by atoms with Crippen LogP contribution in [-0.4, -0.2) is 112 Å². The minimum absolute atomic E-state index is 0.00192. The first kappa shape index (κ1) is 52.5. The van der Waals surface area contributed by atoms with Gasteiger partial charge < -0.3 is 39.2 Å². The number of amides is 1. The van der Waals surface area contributed by atoms with E-state index in [0.29, 0.717) is 68.1 Å². The predicted molar refractivity (Wildman–Crippen MR) is 239 cm³/mol. The van der Waals surface area contributed by atoms with Crippen molar-refractivity contribution in [1.82, 2.24) is 33.6 Å². The molecule has 2 aromatic carbocycles. The highest BCUT2D eigenvalue weighted by Gasteiger charge is 2.29. The number of fused-ring (bicyclic) bond motifs is 2. The van der Waals surface area contributed by atoms with Gasteiger partial charge in [0, 0.05) is 56.4 Å². The summed E-state index contributed by atoms with van der Waals surface area (Å²) in [5.74, 6) is -0.271. The van der Waals surface area contributed by atoms with Gasteiger partial charge in [-0.05, 0) is 73.5 Å². The zero-order chi connectivity index (χ0) is 49.4. The number of nitriles is 1. The number of rotatable bonds is 22. The van der Waals surface area contributed by atoms with Crippen molar-refractivity contribution in [3.05, 3.63) is 93.8 Å². The maximum Gasteiger partial charge on any atom is 0.422 e. The van der Waals surface area contributed by atoms with E-state index in [1.807, 2.05) is 6.07 Å². The maximum atomic E-state index is 13.4. The summed E-state index contributed by atoms with van der Waals surface area (Å²) in [5, 5.41) is 39.8. The Morgan fingerprint density at radius 2 is 1.12 bits per heavy atom. The van der Waals surface area contributed by atoms with Crippen molar-refractivity contribution in [3.63, 3.8) is 0 Å². The first-order valence-corrected chi connectivity index (χ1v) is 22.6. The van der Waals surface area contributed by atoms with Gasteiger partial charge >= 0.3 is 18.3 Å². The van der Waals surface area contributed by atoms with Crippen LogP contribution in [0.1, 0.15) is 32.1 Å². The molecule has 17 nitrogen and oxygen atoms in total. The molecule has 68 heavy (non-hydrogen) atoms. The second kappa shape index (κ2) is 24.5. The quantitative estimate of drug-likeness (QED) is 0.0261. The smallest absolute Gasteiger partial charge is 0.422 e. The van der Waals surface area contributed by atoms with Crippen molar-refractivity contribution in [2.45, 2.75) is 67.9 Å². The number of aliphatic hydroxyl groups excluding tert-OH is 2. The minimum Gasteiger partial charge on any atom is -0.484 e. The van der Waals surface area contributed by atoms with Crippen LogP contribution in [0.4, 0.5) is 26.3 Å². The Morgan fingerprint density at radius 1 is 0.691 bits per heavy atom. The topological polar surface area (TPSA) is 229 Å². The molecule has 4 N–H and O–H groups in total. The molecule has 0 aliphatic heterocycles. The number of alkyl halides is 6. The van der Waals surface area contributed by atoms with Crippen LogP contribution in [0, 0.1) is 11.3 Å². The number of benzene rings is 2. The summed E-state index contributed by atoms with van der Waals surface area (Å²) in [5.41, 5.74) is 0.770. The lowest BCUT2D eigenvalue weighted by Crippen LogP contribution is -2.24. The molecular weight excluding hydrogens is 951 g/mol. The van der Waals surface area contributed by atoms with Crippen molar-refractivity contribution >= 4 is 57.5 Å². The standard InChI is InChI=1S/C23H24F3N5O4S.C20H20F3N3O5S/c24-23(25,26)15-35-17-6-4-16(5-7-17)31-21(34)18-8-11-30(12-13-32)20(18)29-22(31)36-14-1-3-19(33)28-10-2-9-27;21-20(22,23)12-31-14-5-3-13(4-6-14)26-18(30)15-7-8-25(9-10-27)17(15)24-19(26)32-11-1-2-16(28)29/h4-8,11,32H,1-3,10,12-15H2,(H,28,33);3-8,27H,1-2,9-12H2,(H,28,29). The summed E-state index contributed by atoms with van der Waals surface area (Å²) in [6.07, 6.45) is -4.39. The largest absolute Gasteiger partial charge is 0.484 e. The average molecular weight is 995 g/mol. The normalized spacial score (nSPS) is 11.6. The lowest BCUT2D eigenvalue weighted by molar-refractivity contribution is -0.154. The number of aromatic nitrogens is 6. The van der Waals surface area contributed by atoms with Crippen LogP contribution < -0.4 is 25.9 Å². The molecule has 6 aromatic rings. The van der Waals surface area contributed by atoms with E-state index in [-0.39, 0.29) is 75.1 Å². The highest BCUT2D eigenvalue weighted by molar-refractivity contribution is 7.99. The van der Waals surface area contributed by atoms with Gasteiger partial charge in [0.2, 0.25) is 5.91 Å².